The SMILES string of the molecule is CCCc1nsc(NC[C@H](c2ccc(Cl)cc2)n2ccnc2)n1. The Morgan fingerprint density at radius 2 is 2.13 bits per heavy atom. The number of halogens is 1. The highest BCUT2D eigenvalue weighted by Crippen LogP contribution is 2.22. The average molecular weight is 348 g/mol. The molecule has 5 nitrogen and oxygen atoms in total. The van der Waals surface area contributed by atoms with Crippen molar-refractivity contribution in [1.82, 2.24) is 18.9 Å². The quantitative estimate of drug-likeness (QED) is 0.700. The maximum absolute atomic E-state index is 6.00. The third-order valence-electron chi connectivity index (χ3n) is 3.53. The Bertz CT molecular complexity index is 723. The maximum atomic E-state index is 6.00. The zero-order chi connectivity index (χ0) is 16.1. The second-order valence-corrected chi connectivity index (χ2v) is 6.41. The van der Waals surface area contributed by atoms with Gasteiger partial charge in [0, 0.05) is 41.9 Å². The summed E-state index contributed by atoms with van der Waals surface area (Å²) in [6.45, 7) is 2.84. The van der Waals surface area contributed by atoms with Gasteiger partial charge in [-0.2, -0.15) is 4.37 Å². The molecule has 0 unspecified atom stereocenters. The lowest BCUT2D eigenvalue weighted by atomic mass is 10.1. The largest absolute Gasteiger partial charge is 0.358 e. The predicted octanol–water partition coefficient (Wildman–Crippen LogP) is 4.04. The minimum absolute atomic E-state index is 0.119. The summed E-state index contributed by atoms with van der Waals surface area (Å²) in [6.07, 6.45) is 7.54. The highest BCUT2D eigenvalue weighted by Gasteiger charge is 2.14. The topological polar surface area (TPSA) is 55.6 Å². The number of imidazole rings is 1. The number of aromatic nitrogens is 4. The molecule has 1 aromatic carbocycles. The Hall–Kier alpha value is -1.92. The number of nitrogens with one attached hydrogen (secondary N) is 1. The summed E-state index contributed by atoms with van der Waals surface area (Å²) in [5, 5.41) is 4.98. The zero-order valence-electron chi connectivity index (χ0n) is 12.8. The molecule has 0 radical (unpaired) electrons. The van der Waals surface area contributed by atoms with E-state index in [-0.39, 0.29) is 6.04 Å². The molecule has 0 bridgehead atoms. The van der Waals surface area contributed by atoms with Gasteiger partial charge in [0.25, 0.3) is 0 Å². The number of anilines is 1. The van der Waals surface area contributed by atoms with Crippen LogP contribution in [0.1, 0.15) is 30.8 Å². The molecule has 0 aliphatic carbocycles. The van der Waals surface area contributed by atoms with Gasteiger partial charge in [0.2, 0.25) is 5.13 Å². The lowest BCUT2D eigenvalue weighted by Crippen LogP contribution is -2.19. The summed E-state index contributed by atoms with van der Waals surface area (Å²) in [5.41, 5.74) is 1.16. The van der Waals surface area contributed by atoms with Gasteiger partial charge in [-0.3, -0.25) is 0 Å². The highest BCUT2D eigenvalue weighted by molar-refractivity contribution is 7.09. The number of hydrogen-bond acceptors (Lipinski definition) is 5. The molecule has 3 rings (SSSR count). The molecule has 0 spiro atoms. The number of hydrogen-bond donors (Lipinski definition) is 1. The van der Waals surface area contributed by atoms with E-state index in [0.717, 1.165) is 34.4 Å². The molecule has 120 valence electrons. The van der Waals surface area contributed by atoms with Crippen molar-refractivity contribution in [3.63, 3.8) is 0 Å². The van der Waals surface area contributed by atoms with Crippen LogP contribution in [-0.4, -0.2) is 25.5 Å². The van der Waals surface area contributed by atoms with E-state index in [1.165, 1.54) is 11.5 Å². The normalized spacial score (nSPS) is 12.3. The van der Waals surface area contributed by atoms with Gasteiger partial charge in [0.1, 0.15) is 5.82 Å². The van der Waals surface area contributed by atoms with Crippen LogP contribution in [0.4, 0.5) is 5.13 Å². The number of nitrogens with zero attached hydrogens (tertiary/aromatic N) is 4. The van der Waals surface area contributed by atoms with E-state index in [2.05, 4.69) is 31.1 Å². The smallest absolute Gasteiger partial charge is 0.202 e. The lowest BCUT2D eigenvalue weighted by molar-refractivity contribution is 0.609. The molecule has 23 heavy (non-hydrogen) atoms. The highest BCUT2D eigenvalue weighted by atomic mass is 35.5. The Balaban J connectivity index is 1.75. The molecule has 7 heteroatoms. The standard InChI is InChI=1S/C16H18ClN5S/c1-2-3-15-20-16(23-21-15)19-10-14(22-9-8-18-11-22)12-4-6-13(17)7-5-12/h4-9,11,14H,2-3,10H2,1H3,(H,19,20,21)/t14-/m1/s1. The predicted molar refractivity (Wildman–Crippen MR) is 94.2 cm³/mol. The van der Waals surface area contributed by atoms with Gasteiger partial charge >= 0.3 is 0 Å². The fourth-order valence-electron chi connectivity index (χ4n) is 2.37. The first-order chi connectivity index (χ1) is 11.3. The van der Waals surface area contributed by atoms with Crippen molar-refractivity contribution in [2.24, 2.45) is 0 Å². The molecule has 1 atom stereocenters. The summed E-state index contributed by atoms with van der Waals surface area (Å²) in [5.74, 6) is 0.908. The summed E-state index contributed by atoms with van der Waals surface area (Å²) < 4.78 is 6.44. The molecule has 0 aliphatic rings. The average Bonchev–Trinajstić information content (AvgIpc) is 3.22. The monoisotopic (exact) mass is 347 g/mol. The van der Waals surface area contributed by atoms with E-state index in [4.69, 9.17) is 11.6 Å². The Morgan fingerprint density at radius 3 is 2.83 bits per heavy atom. The Kier molecular flexibility index (Phi) is 5.25. The Labute approximate surface area is 144 Å². The van der Waals surface area contributed by atoms with Crippen molar-refractivity contribution in [2.75, 3.05) is 11.9 Å². The molecule has 1 N–H and O–H groups in total. The minimum Gasteiger partial charge on any atom is -0.358 e. The third-order valence-corrected chi connectivity index (χ3v) is 4.49. The van der Waals surface area contributed by atoms with Crippen LogP contribution in [0.25, 0.3) is 0 Å². The van der Waals surface area contributed by atoms with Crippen LogP contribution in [-0.2, 0) is 6.42 Å². The molecule has 0 aliphatic heterocycles. The first kappa shape index (κ1) is 16.0. The zero-order valence-corrected chi connectivity index (χ0v) is 14.4. The molecular formula is C16H18ClN5S. The van der Waals surface area contributed by atoms with E-state index >= 15 is 0 Å². The van der Waals surface area contributed by atoms with Crippen LogP contribution in [0.3, 0.4) is 0 Å². The number of benzene rings is 1. The van der Waals surface area contributed by atoms with Gasteiger partial charge in [-0.05, 0) is 24.1 Å². The maximum Gasteiger partial charge on any atom is 0.202 e. The van der Waals surface area contributed by atoms with Crippen LogP contribution >= 0.6 is 23.1 Å². The molecule has 0 saturated carbocycles. The molecule has 0 fully saturated rings. The van der Waals surface area contributed by atoms with E-state index in [1.807, 2.05) is 36.8 Å². The summed E-state index contributed by atoms with van der Waals surface area (Å²) in [7, 11) is 0. The summed E-state index contributed by atoms with van der Waals surface area (Å²) >= 11 is 7.40. The van der Waals surface area contributed by atoms with Crippen LogP contribution in [0.5, 0.6) is 0 Å². The van der Waals surface area contributed by atoms with Gasteiger partial charge < -0.3 is 9.88 Å². The summed E-state index contributed by atoms with van der Waals surface area (Å²) in [4.78, 5) is 8.66. The lowest BCUT2D eigenvalue weighted by Gasteiger charge is -2.19. The third kappa shape index (κ3) is 4.09. The fraction of sp³-hybridized carbons (Fsp3) is 0.312. The summed E-state index contributed by atoms with van der Waals surface area (Å²) in [6, 6.07) is 8.01. The fourth-order valence-corrected chi connectivity index (χ4v) is 3.11. The van der Waals surface area contributed by atoms with E-state index in [1.54, 1.807) is 6.20 Å². The number of aryl methyl sites for hydroxylation is 1. The molecule has 2 aromatic heterocycles. The van der Waals surface area contributed by atoms with Crippen LogP contribution in [0.15, 0.2) is 43.0 Å². The van der Waals surface area contributed by atoms with Gasteiger partial charge in [-0.15, -0.1) is 0 Å². The van der Waals surface area contributed by atoms with Crippen molar-refractivity contribution in [3.05, 3.63) is 59.4 Å². The van der Waals surface area contributed by atoms with Crippen molar-refractivity contribution in [3.8, 4) is 0 Å². The first-order valence-corrected chi connectivity index (χ1v) is 8.70. The first-order valence-electron chi connectivity index (χ1n) is 7.55. The molecule has 3 aromatic rings. The number of rotatable bonds is 7. The van der Waals surface area contributed by atoms with E-state index in [0.29, 0.717) is 6.54 Å². The van der Waals surface area contributed by atoms with Gasteiger partial charge in [0.05, 0.1) is 12.4 Å². The van der Waals surface area contributed by atoms with Crippen molar-refractivity contribution < 1.29 is 0 Å². The second-order valence-electron chi connectivity index (χ2n) is 5.22. The van der Waals surface area contributed by atoms with Gasteiger partial charge in [-0.25, -0.2) is 9.97 Å². The molecule has 0 saturated heterocycles. The molecular weight excluding hydrogens is 330 g/mol. The van der Waals surface area contributed by atoms with Gasteiger partial charge in [-0.1, -0.05) is 30.7 Å². The van der Waals surface area contributed by atoms with Crippen molar-refractivity contribution in [1.29, 1.82) is 0 Å². The van der Waals surface area contributed by atoms with E-state index < -0.39 is 0 Å². The van der Waals surface area contributed by atoms with Gasteiger partial charge in [0.15, 0.2) is 0 Å². The van der Waals surface area contributed by atoms with Crippen molar-refractivity contribution in [2.45, 2.75) is 25.8 Å². The van der Waals surface area contributed by atoms with Crippen LogP contribution in [0, 0.1) is 0 Å². The molecule has 0 amide bonds. The van der Waals surface area contributed by atoms with E-state index in [9.17, 15) is 0 Å². The minimum atomic E-state index is 0.119. The molecule has 2 heterocycles. The van der Waals surface area contributed by atoms with Crippen LogP contribution in [0.2, 0.25) is 5.02 Å². The van der Waals surface area contributed by atoms with Crippen LogP contribution < -0.4 is 5.32 Å². The van der Waals surface area contributed by atoms with Crippen molar-refractivity contribution >= 4 is 28.3 Å². The Morgan fingerprint density at radius 1 is 1.30 bits per heavy atom. The second kappa shape index (κ2) is 7.57.